The molecule has 0 aliphatic heterocycles. The van der Waals surface area contributed by atoms with Gasteiger partial charge in [0.15, 0.2) is 0 Å². The van der Waals surface area contributed by atoms with Gasteiger partial charge in [-0.25, -0.2) is 5.06 Å². The van der Waals surface area contributed by atoms with Crippen LogP contribution in [0.15, 0.2) is 28.8 Å². The van der Waals surface area contributed by atoms with E-state index in [1.165, 1.54) is 26.4 Å². The van der Waals surface area contributed by atoms with E-state index in [0.717, 1.165) is 5.06 Å². The number of hydroxylamine groups is 2. The molecule has 0 aliphatic rings. The predicted molar refractivity (Wildman–Crippen MR) is 78.8 cm³/mol. The lowest BCUT2D eigenvalue weighted by Gasteiger charge is -2.22. The van der Waals surface area contributed by atoms with Crippen LogP contribution in [0.4, 0.5) is 13.2 Å². The van der Waals surface area contributed by atoms with Crippen molar-refractivity contribution in [3.8, 4) is 11.4 Å². The highest BCUT2D eigenvalue weighted by Gasteiger charge is 2.38. The fourth-order valence-corrected chi connectivity index (χ4v) is 1.92. The summed E-state index contributed by atoms with van der Waals surface area (Å²) in [6.45, 7) is 1.73. The van der Waals surface area contributed by atoms with Crippen molar-refractivity contribution in [1.29, 1.82) is 0 Å². The quantitative estimate of drug-likeness (QED) is 0.738. The Hall–Kier alpha value is -2.46. The van der Waals surface area contributed by atoms with Gasteiger partial charge in [0.25, 0.3) is 5.91 Å². The predicted octanol–water partition coefficient (Wildman–Crippen LogP) is 2.68. The molecular formula is C15H16F3N3O4. The van der Waals surface area contributed by atoms with Crippen molar-refractivity contribution < 1.29 is 32.1 Å². The summed E-state index contributed by atoms with van der Waals surface area (Å²) in [4.78, 5) is 20.4. The molecule has 136 valence electrons. The molecule has 0 spiro atoms. The number of rotatable bonds is 6. The number of hydrogen-bond acceptors (Lipinski definition) is 6. The van der Waals surface area contributed by atoms with Crippen molar-refractivity contribution in [3.05, 3.63) is 35.7 Å². The Balaban J connectivity index is 2.11. The summed E-state index contributed by atoms with van der Waals surface area (Å²) in [6, 6.07) is 6.29. The number of ether oxygens (including phenoxy) is 1. The van der Waals surface area contributed by atoms with E-state index >= 15 is 0 Å². The highest BCUT2D eigenvalue weighted by Crippen LogP contribution is 2.29. The molecule has 1 atom stereocenters. The van der Waals surface area contributed by atoms with Gasteiger partial charge < -0.3 is 9.26 Å². The molecule has 1 unspecified atom stereocenters. The van der Waals surface area contributed by atoms with Gasteiger partial charge in [-0.05, 0) is 12.5 Å². The largest absolute Gasteiger partial charge is 0.471 e. The van der Waals surface area contributed by atoms with Gasteiger partial charge in [-0.1, -0.05) is 29.4 Å². The average Bonchev–Trinajstić information content (AvgIpc) is 3.09. The summed E-state index contributed by atoms with van der Waals surface area (Å²) >= 11 is 0. The highest BCUT2D eigenvalue weighted by atomic mass is 19.4. The second-order valence-corrected chi connectivity index (χ2v) is 5.05. The zero-order chi connectivity index (χ0) is 18.6. The third-order valence-electron chi connectivity index (χ3n) is 3.37. The molecule has 0 saturated heterocycles. The smallest absolute Gasteiger partial charge is 0.372 e. The zero-order valence-corrected chi connectivity index (χ0v) is 13.7. The van der Waals surface area contributed by atoms with Gasteiger partial charge >= 0.3 is 12.1 Å². The maximum Gasteiger partial charge on any atom is 0.471 e. The van der Waals surface area contributed by atoms with Crippen molar-refractivity contribution in [2.75, 3.05) is 14.2 Å². The van der Waals surface area contributed by atoms with Crippen LogP contribution in [0.3, 0.4) is 0 Å². The van der Waals surface area contributed by atoms with Gasteiger partial charge in [-0.2, -0.15) is 18.2 Å². The molecule has 1 aromatic carbocycles. The summed E-state index contributed by atoms with van der Waals surface area (Å²) in [5.41, 5.74) is 1.05. The lowest BCUT2D eigenvalue weighted by atomic mass is 10.1. The van der Waals surface area contributed by atoms with E-state index in [9.17, 15) is 18.0 Å². The minimum absolute atomic E-state index is 0.142. The van der Waals surface area contributed by atoms with E-state index in [1.54, 1.807) is 19.1 Å². The SMILES string of the molecule is COC(C)C(=O)N(Cc1ccc(-c2noc(C(F)(F)F)n2)cc1)OC. The first kappa shape index (κ1) is 18.9. The van der Waals surface area contributed by atoms with Crippen LogP contribution >= 0.6 is 0 Å². The van der Waals surface area contributed by atoms with E-state index in [2.05, 4.69) is 14.7 Å². The number of amides is 1. The van der Waals surface area contributed by atoms with Crippen LogP contribution in [0.5, 0.6) is 0 Å². The first-order valence-electron chi connectivity index (χ1n) is 7.14. The number of benzene rings is 1. The molecule has 7 nitrogen and oxygen atoms in total. The van der Waals surface area contributed by atoms with Crippen molar-refractivity contribution in [1.82, 2.24) is 15.2 Å². The Morgan fingerprint density at radius 3 is 2.40 bits per heavy atom. The topological polar surface area (TPSA) is 77.7 Å². The Morgan fingerprint density at radius 2 is 1.92 bits per heavy atom. The van der Waals surface area contributed by atoms with Gasteiger partial charge in [0.05, 0.1) is 13.7 Å². The molecule has 10 heteroatoms. The Bertz CT molecular complexity index is 716. The van der Waals surface area contributed by atoms with Crippen LogP contribution in [-0.2, 0) is 27.1 Å². The van der Waals surface area contributed by atoms with Crippen LogP contribution in [0.1, 0.15) is 18.4 Å². The molecular weight excluding hydrogens is 343 g/mol. The van der Waals surface area contributed by atoms with E-state index in [1.807, 2.05) is 0 Å². The molecule has 2 aromatic rings. The van der Waals surface area contributed by atoms with Crippen molar-refractivity contribution in [2.45, 2.75) is 25.7 Å². The number of nitrogens with zero attached hydrogens (tertiary/aromatic N) is 3. The second kappa shape index (κ2) is 7.62. The number of carbonyl (C=O) groups excluding carboxylic acids is 1. The number of carbonyl (C=O) groups is 1. The maximum absolute atomic E-state index is 12.5. The molecule has 25 heavy (non-hydrogen) atoms. The number of hydrogen-bond donors (Lipinski definition) is 0. The Morgan fingerprint density at radius 1 is 1.28 bits per heavy atom. The molecule has 2 rings (SSSR count). The monoisotopic (exact) mass is 359 g/mol. The minimum atomic E-state index is -4.69. The van der Waals surface area contributed by atoms with Crippen LogP contribution in [0, 0.1) is 0 Å². The Labute approximate surface area is 141 Å². The minimum Gasteiger partial charge on any atom is -0.372 e. The molecule has 1 heterocycles. The van der Waals surface area contributed by atoms with Gasteiger partial charge in [0.1, 0.15) is 6.10 Å². The highest BCUT2D eigenvalue weighted by molar-refractivity contribution is 5.79. The van der Waals surface area contributed by atoms with Gasteiger partial charge in [0.2, 0.25) is 5.82 Å². The lowest BCUT2D eigenvalue weighted by molar-refractivity contribution is -0.188. The van der Waals surface area contributed by atoms with Crippen LogP contribution in [0.25, 0.3) is 11.4 Å². The molecule has 0 fully saturated rings. The first-order valence-corrected chi connectivity index (χ1v) is 7.14. The summed E-state index contributed by atoms with van der Waals surface area (Å²) < 4.78 is 46.6. The number of halogens is 3. The first-order chi connectivity index (χ1) is 11.8. The van der Waals surface area contributed by atoms with Gasteiger partial charge in [-0.15, -0.1) is 0 Å². The Kier molecular flexibility index (Phi) is 5.75. The summed E-state index contributed by atoms with van der Waals surface area (Å²) in [7, 11) is 2.76. The second-order valence-electron chi connectivity index (χ2n) is 5.05. The number of alkyl halides is 3. The lowest BCUT2D eigenvalue weighted by Crippen LogP contribution is -2.37. The molecule has 0 saturated carbocycles. The van der Waals surface area contributed by atoms with Crippen molar-refractivity contribution >= 4 is 5.91 Å². The third-order valence-corrected chi connectivity index (χ3v) is 3.37. The third kappa shape index (κ3) is 4.54. The normalized spacial score (nSPS) is 12.9. The van der Waals surface area contributed by atoms with Crippen LogP contribution in [-0.4, -0.2) is 41.4 Å². The number of aromatic nitrogens is 2. The molecule has 0 radical (unpaired) electrons. The van der Waals surface area contributed by atoms with E-state index < -0.39 is 18.2 Å². The summed E-state index contributed by atoms with van der Waals surface area (Å²) in [6.07, 6.45) is -5.36. The average molecular weight is 359 g/mol. The van der Waals surface area contributed by atoms with Crippen molar-refractivity contribution in [2.24, 2.45) is 0 Å². The van der Waals surface area contributed by atoms with Gasteiger partial charge in [0, 0.05) is 12.7 Å². The van der Waals surface area contributed by atoms with Crippen LogP contribution in [0.2, 0.25) is 0 Å². The fraction of sp³-hybridized carbons (Fsp3) is 0.400. The molecule has 0 aliphatic carbocycles. The molecule has 1 aromatic heterocycles. The van der Waals surface area contributed by atoms with E-state index in [-0.39, 0.29) is 18.3 Å². The summed E-state index contributed by atoms with van der Waals surface area (Å²) in [5.74, 6) is -1.94. The maximum atomic E-state index is 12.5. The van der Waals surface area contributed by atoms with Gasteiger partial charge in [-0.3, -0.25) is 9.63 Å². The van der Waals surface area contributed by atoms with E-state index in [4.69, 9.17) is 9.57 Å². The molecule has 1 amide bonds. The van der Waals surface area contributed by atoms with Crippen LogP contribution < -0.4 is 0 Å². The molecule has 0 bridgehead atoms. The summed E-state index contributed by atoms with van der Waals surface area (Å²) in [5, 5.41) is 4.43. The van der Waals surface area contributed by atoms with E-state index in [0.29, 0.717) is 11.1 Å². The standard InChI is InChI=1S/C15H16F3N3O4/c1-9(23-2)13(22)21(24-3)8-10-4-6-11(7-5-10)12-19-14(25-20-12)15(16,17)18/h4-7,9H,8H2,1-3H3. The van der Waals surface area contributed by atoms with Crippen molar-refractivity contribution in [3.63, 3.8) is 0 Å². The number of methoxy groups -OCH3 is 1. The zero-order valence-electron chi connectivity index (χ0n) is 13.7. The molecule has 0 N–H and O–H groups in total. The fourth-order valence-electron chi connectivity index (χ4n) is 1.92.